The molecule has 226 valence electrons. The number of amides is 2. The number of primary amides is 1. The largest absolute Gasteiger partial charge is 0.369 e. The van der Waals surface area contributed by atoms with E-state index in [1.54, 1.807) is 4.90 Å². The number of aromatic nitrogens is 3. The van der Waals surface area contributed by atoms with E-state index in [1.165, 1.54) is 6.07 Å². The van der Waals surface area contributed by atoms with E-state index in [1.807, 2.05) is 26.0 Å². The smallest absolute Gasteiger partial charge is 0.227 e. The Labute approximate surface area is 249 Å². The zero-order valence-corrected chi connectivity index (χ0v) is 24.6. The molecule has 43 heavy (non-hydrogen) atoms. The van der Waals surface area contributed by atoms with Crippen molar-refractivity contribution in [3.63, 3.8) is 0 Å². The summed E-state index contributed by atoms with van der Waals surface area (Å²) >= 11 is 0. The molecule has 1 aliphatic heterocycles. The number of hydrogen-bond acceptors (Lipinski definition) is 5. The molecule has 2 N–H and O–H groups in total. The Morgan fingerprint density at radius 3 is 2.53 bits per heavy atom. The average Bonchev–Trinajstić information content (AvgIpc) is 3.52. The molecule has 3 heterocycles. The zero-order chi connectivity index (χ0) is 30.2. The molecule has 2 fully saturated rings. The molecule has 1 aliphatic carbocycles. The predicted octanol–water partition coefficient (Wildman–Crippen LogP) is 6.92. The van der Waals surface area contributed by atoms with Crippen molar-refractivity contribution in [2.75, 3.05) is 4.90 Å². The SMILES string of the molecule is Cc1noc(C)c1-c1ccc2c(c1)nc(C1CCCC(=O)N1c1ccc(F)c(F)c1)n2CCCC1CCC(C(N)=O)CC1. The highest BCUT2D eigenvalue weighted by Gasteiger charge is 2.35. The van der Waals surface area contributed by atoms with Gasteiger partial charge < -0.3 is 19.7 Å². The highest BCUT2D eigenvalue weighted by atomic mass is 19.2. The number of piperidine rings is 1. The summed E-state index contributed by atoms with van der Waals surface area (Å²) in [6.45, 7) is 4.49. The second kappa shape index (κ2) is 11.9. The molecule has 2 amide bonds. The van der Waals surface area contributed by atoms with Crippen LogP contribution in [0.5, 0.6) is 0 Å². The molecule has 6 rings (SSSR count). The molecule has 0 radical (unpaired) electrons. The van der Waals surface area contributed by atoms with E-state index in [0.717, 1.165) is 90.1 Å². The van der Waals surface area contributed by atoms with E-state index < -0.39 is 17.7 Å². The van der Waals surface area contributed by atoms with Crippen LogP contribution in [0.25, 0.3) is 22.2 Å². The van der Waals surface area contributed by atoms with Crippen molar-refractivity contribution < 1.29 is 22.9 Å². The predicted molar refractivity (Wildman–Crippen MR) is 159 cm³/mol. The van der Waals surface area contributed by atoms with E-state index >= 15 is 0 Å². The number of aryl methyl sites for hydroxylation is 3. The van der Waals surface area contributed by atoms with E-state index in [-0.39, 0.29) is 17.7 Å². The van der Waals surface area contributed by atoms with Gasteiger partial charge in [0.1, 0.15) is 11.6 Å². The van der Waals surface area contributed by atoms with Gasteiger partial charge in [-0.15, -0.1) is 0 Å². The Morgan fingerprint density at radius 1 is 1.05 bits per heavy atom. The van der Waals surface area contributed by atoms with Crippen LogP contribution in [0.2, 0.25) is 0 Å². The standard InChI is InChI=1S/C33H37F2N5O3/c1-19-31(20(2)43-38-19)23-12-15-28-27(17-23)37-33(39(28)16-4-5-21-8-10-22(11-9-21)32(36)42)29-6-3-7-30(41)40(29)24-13-14-25(34)26(35)18-24/h12-15,17-18,21-22,29H,3-11,16H2,1-2H3,(H2,36,42). The highest BCUT2D eigenvalue weighted by molar-refractivity contribution is 5.95. The minimum Gasteiger partial charge on any atom is -0.369 e. The van der Waals surface area contributed by atoms with Crippen LogP contribution in [-0.2, 0) is 16.1 Å². The third-order valence-electron chi connectivity index (χ3n) is 9.27. The fourth-order valence-corrected chi connectivity index (χ4v) is 7.04. The van der Waals surface area contributed by atoms with Crippen LogP contribution in [0, 0.1) is 37.3 Å². The quantitative estimate of drug-likeness (QED) is 0.240. The normalized spacial score (nSPS) is 21.1. The zero-order valence-electron chi connectivity index (χ0n) is 24.6. The van der Waals surface area contributed by atoms with Gasteiger partial charge in [-0.05, 0) is 101 Å². The lowest BCUT2D eigenvalue weighted by Gasteiger charge is -2.35. The van der Waals surface area contributed by atoms with E-state index in [0.29, 0.717) is 37.4 Å². The number of nitrogens with two attached hydrogens (primary N) is 1. The number of fused-ring (bicyclic) bond motifs is 1. The van der Waals surface area contributed by atoms with Gasteiger partial charge in [-0.25, -0.2) is 13.8 Å². The van der Waals surface area contributed by atoms with Crippen molar-refractivity contribution in [1.29, 1.82) is 0 Å². The number of nitrogens with zero attached hydrogens (tertiary/aromatic N) is 4. The molecule has 1 saturated carbocycles. The van der Waals surface area contributed by atoms with Crippen LogP contribution in [-0.4, -0.2) is 26.5 Å². The van der Waals surface area contributed by atoms with Crippen LogP contribution >= 0.6 is 0 Å². The van der Waals surface area contributed by atoms with Gasteiger partial charge in [0.05, 0.1) is 22.8 Å². The molecule has 2 aromatic carbocycles. The maximum absolute atomic E-state index is 14.3. The minimum absolute atomic E-state index is 0.0153. The summed E-state index contributed by atoms with van der Waals surface area (Å²) in [5, 5.41) is 4.11. The lowest BCUT2D eigenvalue weighted by atomic mass is 9.80. The van der Waals surface area contributed by atoms with Crippen molar-refractivity contribution >= 4 is 28.5 Å². The van der Waals surface area contributed by atoms with Crippen molar-refractivity contribution in [2.24, 2.45) is 17.6 Å². The summed E-state index contributed by atoms with van der Waals surface area (Å²) in [5.74, 6) is -0.286. The lowest BCUT2D eigenvalue weighted by molar-refractivity contribution is -0.123. The molecule has 1 atom stereocenters. The average molecular weight is 590 g/mol. The number of rotatable bonds is 8. The van der Waals surface area contributed by atoms with Gasteiger partial charge in [-0.3, -0.25) is 9.59 Å². The Hall–Kier alpha value is -4.08. The summed E-state index contributed by atoms with van der Waals surface area (Å²) in [5.41, 5.74) is 10.3. The second-order valence-corrected chi connectivity index (χ2v) is 12.1. The Morgan fingerprint density at radius 2 is 1.84 bits per heavy atom. The van der Waals surface area contributed by atoms with Crippen LogP contribution in [0.4, 0.5) is 14.5 Å². The molecule has 0 bridgehead atoms. The number of hydrogen-bond donors (Lipinski definition) is 1. The molecule has 8 nitrogen and oxygen atoms in total. The first-order valence-electron chi connectivity index (χ1n) is 15.2. The van der Waals surface area contributed by atoms with E-state index in [9.17, 15) is 18.4 Å². The van der Waals surface area contributed by atoms with Crippen molar-refractivity contribution in [3.05, 3.63) is 65.3 Å². The number of imidazole rings is 1. The molecule has 1 saturated heterocycles. The summed E-state index contributed by atoms with van der Waals surface area (Å²) in [4.78, 5) is 31.6. The Balaban J connectivity index is 1.36. The lowest BCUT2D eigenvalue weighted by Crippen LogP contribution is -2.39. The monoisotopic (exact) mass is 589 g/mol. The molecule has 2 aromatic heterocycles. The fourth-order valence-electron chi connectivity index (χ4n) is 7.04. The van der Waals surface area contributed by atoms with Crippen LogP contribution in [0.3, 0.4) is 0 Å². The third-order valence-corrected chi connectivity index (χ3v) is 9.27. The maximum atomic E-state index is 14.3. The Bertz CT molecular complexity index is 1650. The number of halogens is 2. The van der Waals surface area contributed by atoms with Crippen molar-refractivity contribution in [2.45, 2.75) is 84.2 Å². The van der Waals surface area contributed by atoms with Crippen molar-refractivity contribution in [3.8, 4) is 11.1 Å². The molecule has 4 aromatic rings. The van der Waals surface area contributed by atoms with Gasteiger partial charge in [0.2, 0.25) is 11.8 Å². The number of carbonyl (C=O) groups is 2. The molecule has 2 aliphatic rings. The van der Waals surface area contributed by atoms with Gasteiger partial charge in [-0.1, -0.05) is 11.2 Å². The van der Waals surface area contributed by atoms with Gasteiger partial charge in [0.25, 0.3) is 0 Å². The van der Waals surface area contributed by atoms with Crippen molar-refractivity contribution in [1.82, 2.24) is 14.7 Å². The first-order chi connectivity index (χ1) is 20.7. The summed E-state index contributed by atoms with van der Waals surface area (Å²) in [6, 6.07) is 9.32. The molecule has 1 unspecified atom stereocenters. The maximum Gasteiger partial charge on any atom is 0.227 e. The Kier molecular flexibility index (Phi) is 8.03. The van der Waals surface area contributed by atoms with Crippen LogP contribution < -0.4 is 10.6 Å². The number of benzene rings is 2. The van der Waals surface area contributed by atoms with Crippen LogP contribution in [0.15, 0.2) is 40.9 Å². The molecule has 10 heteroatoms. The molecule has 0 spiro atoms. The third kappa shape index (κ3) is 5.67. The fraction of sp³-hybridized carbons (Fsp3) is 0.455. The summed E-state index contributed by atoms with van der Waals surface area (Å²) in [7, 11) is 0. The molecular weight excluding hydrogens is 552 g/mol. The molecular formula is C33H37F2N5O3. The first-order valence-corrected chi connectivity index (χ1v) is 15.2. The van der Waals surface area contributed by atoms with Gasteiger partial charge in [-0.2, -0.15) is 0 Å². The summed E-state index contributed by atoms with van der Waals surface area (Å²) in [6.07, 6.45) is 7.26. The second-order valence-electron chi connectivity index (χ2n) is 12.1. The number of carbonyl (C=O) groups excluding carboxylic acids is 2. The number of anilines is 1. The first kappa shape index (κ1) is 29.0. The summed E-state index contributed by atoms with van der Waals surface area (Å²) < 4.78 is 35.7. The van der Waals surface area contributed by atoms with E-state index in [4.69, 9.17) is 15.2 Å². The van der Waals surface area contributed by atoms with Gasteiger partial charge in [0, 0.05) is 36.2 Å². The minimum atomic E-state index is -0.988. The van der Waals surface area contributed by atoms with Gasteiger partial charge >= 0.3 is 0 Å². The topological polar surface area (TPSA) is 107 Å². The van der Waals surface area contributed by atoms with E-state index in [2.05, 4.69) is 15.8 Å². The van der Waals surface area contributed by atoms with Crippen LogP contribution in [0.1, 0.15) is 81.1 Å². The highest BCUT2D eigenvalue weighted by Crippen LogP contribution is 2.39. The van der Waals surface area contributed by atoms with Gasteiger partial charge in [0.15, 0.2) is 11.6 Å².